The molecule has 0 spiro atoms. The third kappa shape index (κ3) is 6.68. The van der Waals surface area contributed by atoms with Crippen molar-refractivity contribution < 1.29 is 18.2 Å². The summed E-state index contributed by atoms with van der Waals surface area (Å²) in [5.74, 6) is 0. The van der Waals surface area contributed by atoms with Crippen molar-refractivity contribution in [1.82, 2.24) is 0 Å². The van der Waals surface area contributed by atoms with E-state index in [0.717, 1.165) is 12.8 Å². The Morgan fingerprint density at radius 3 is 1.64 bits per heavy atom. The summed E-state index contributed by atoms with van der Waals surface area (Å²) in [4.78, 5) is 0. The molecule has 2 atom stereocenters. The second kappa shape index (κ2) is 6.97. The molecule has 2 nitrogen and oxygen atoms in total. The molecule has 2 unspecified atom stereocenters. The fourth-order valence-electron chi connectivity index (χ4n) is 0.337. The molecule has 0 amide bonds. The third-order valence-electron chi connectivity index (χ3n) is 1.64. The van der Waals surface area contributed by atoms with Crippen LogP contribution in [0.3, 0.4) is 0 Å². The normalized spacial score (nSPS) is 15.3. The van der Waals surface area contributed by atoms with Crippen molar-refractivity contribution in [3.63, 3.8) is 0 Å². The van der Waals surface area contributed by atoms with Crippen LogP contribution in [0.1, 0.15) is 40.5 Å². The van der Waals surface area contributed by atoms with Gasteiger partial charge in [0.05, 0.1) is 0 Å². The first kappa shape index (κ1) is 11.3. The van der Waals surface area contributed by atoms with Crippen LogP contribution in [0.15, 0.2) is 6.99 Å². The maximum absolute atomic E-state index is 4.49. The van der Waals surface area contributed by atoms with E-state index in [2.05, 4.69) is 34.7 Å². The van der Waals surface area contributed by atoms with Gasteiger partial charge in [0.15, 0.2) is 0 Å². The molecule has 0 aromatic heterocycles. The summed E-state index contributed by atoms with van der Waals surface area (Å²) < 4.78 is 8.99. The van der Waals surface area contributed by atoms with Gasteiger partial charge in [0, 0.05) is 0 Å². The molecular formula is C8H18MoN2. The molecule has 0 saturated carbocycles. The molecule has 0 heterocycles. The quantitative estimate of drug-likeness (QED) is 0.672. The van der Waals surface area contributed by atoms with Crippen LogP contribution in [0.2, 0.25) is 0 Å². The fourth-order valence-corrected chi connectivity index (χ4v) is 2.00. The fraction of sp³-hybridized carbons (Fsp3) is 1.00. The molecule has 0 fully saturated rings. The van der Waals surface area contributed by atoms with Crippen LogP contribution in [0, 0.1) is 0 Å². The van der Waals surface area contributed by atoms with Crippen LogP contribution in [0.4, 0.5) is 0 Å². The summed E-state index contributed by atoms with van der Waals surface area (Å²) in [6, 6.07) is 1.07. The molecular weight excluding hydrogens is 220 g/mol. The second-order valence-corrected chi connectivity index (χ2v) is 4.24. The first-order chi connectivity index (χ1) is 5.20. The van der Waals surface area contributed by atoms with Crippen molar-refractivity contribution in [2.45, 2.75) is 52.6 Å². The monoisotopic (exact) mass is 240 g/mol. The van der Waals surface area contributed by atoms with Gasteiger partial charge in [-0.2, -0.15) is 0 Å². The molecule has 0 rings (SSSR count). The predicted molar refractivity (Wildman–Crippen MR) is 44.4 cm³/mol. The van der Waals surface area contributed by atoms with E-state index in [0.29, 0.717) is 12.1 Å². The number of nitrogens with zero attached hydrogens (tertiary/aromatic N) is 2. The Labute approximate surface area is 78.0 Å². The Hall–Kier alpha value is 0.288. The summed E-state index contributed by atoms with van der Waals surface area (Å²) in [5.41, 5.74) is 0. The van der Waals surface area contributed by atoms with Gasteiger partial charge in [-0.3, -0.25) is 0 Å². The average molecular weight is 238 g/mol. The number of hydrogen-bond acceptors (Lipinski definition) is 2. The molecule has 3 heteroatoms. The van der Waals surface area contributed by atoms with Gasteiger partial charge in [0.1, 0.15) is 0 Å². The van der Waals surface area contributed by atoms with E-state index in [-0.39, 0.29) is 18.2 Å². The van der Waals surface area contributed by atoms with E-state index < -0.39 is 0 Å². The zero-order valence-corrected chi connectivity index (χ0v) is 9.88. The van der Waals surface area contributed by atoms with Crippen molar-refractivity contribution in [3.8, 4) is 0 Å². The number of rotatable bonds is 4. The molecule has 0 aliphatic rings. The summed E-state index contributed by atoms with van der Waals surface area (Å²) in [5, 5.41) is 0. The van der Waals surface area contributed by atoms with Crippen LogP contribution in [-0.4, -0.2) is 12.1 Å². The van der Waals surface area contributed by atoms with E-state index in [4.69, 9.17) is 0 Å². The summed E-state index contributed by atoms with van der Waals surface area (Å²) >= 11 is -0.383. The van der Waals surface area contributed by atoms with Crippen LogP contribution in [-0.2, 0) is 18.2 Å². The van der Waals surface area contributed by atoms with Crippen LogP contribution >= 0.6 is 0 Å². The van der Waals surface area contributed by atoms with Crippen molar-refractivity contribution in [2.75, 3.05) is 0 Å². The molecule has 0 aliphatic heterocycles. The average Bonchev–Trinajstić information content (AvgIpc) is 2.04. The standard InChI is InChI=1S/2C4H9N.Mo/c2*1-3-4(2)5;/h2*4H,3H2,1-2H3;. The molecule has 11 heavy (non-hydrogen) atoms. The maximum atomic E-state index is 4.49. The zero-order valence-electron chi connectivity index (χ0n) is 7.87. The van der Waals surface area contributed by atoms with Crippen molar-refractivity contribution in [2.24, 2.45) is 6.99 Å². The van der Waals surface area contributed by atoms with Crippen LogP contribution < -0.4 is 0 Å². The van der Waals surface area contributed by atoms with Gasteiger partial charge in [-0.25, -0.2) is 0 Å². The van der Waals surface area contributed by atoms with Gasteiger partial charge in [-0.15, -0.1) is 0 Å². The topological polar surface area (TPSA) is 24.7 Å². The summed E-state index contributed by atoms with van der Waals surface area (Å²) in [7, 11) is 0. The van der Waals surface area contributed by atoms with Crippen LogP contribution in [0.5, 0.6) is 0 Å². The third-order valence-corrected chi connectivity index (χ3v) is 3.87. The molecule has 0 aromatic rings. The molecule has 0 radical (unpaired) electrons. The zero-order chi connectivity index (χ0) is 8.69. The van der Waals surface area contributed by atoms with Gasteiger partial charge >= 0.3 is 77.8 Å². The Kier molecular flexibility index (Phi) is 7.15. The van der Waals surface area contributed by atoms with Crippen molar-refractivity contribution in [1.29, 1.82) is 0 Å². The van der Waals surface area contributed by atoms with E-state index in [1.54, 1.807) is 0 Å². The van der Waals surface area contributed by atoms with E-state index in [9.17, 15) is 0 Å². The minimum atomic E-state index is -0.383. The molecule has 0 saturated heterocycles. The van der Waals surface area contributed by atoms with Gasteiger partial charge in [-0.1, -0.05) is 0 Å². The van der Waals surface area contributed by atoms with E-state index in [1.165, 1.54) is 0 Å². The Morgan fingerprint density at radius 1 is 1.00 bits per heavy atom. The van der Waals surface area contributed by atoms with Gasteiger partial charge < -0.3 is 0 Å². The predicted octanol–water partition coefficient (Wildman–Crippen LogP) is 3.03. The molecule has 66 valence electrons. The first-order valence-corrected chi connectivity index (χ1v) is 6.06. The Balaban J connectivity index is 3.79. The van der Waals surface area contributed by atoms with Gasteiger partial charge in [-0.05, 0) is 0 Å². The van der Waals surface area contributed by atoms with E-state index >= 15 is 0 Å². The molecule has 0 aliphatic carbocycles. The molecule has 0 bridgehead atoms. The van der Waals surface area contributed by atoms with Crippen LogP contribution in [0.25, 0.3) is 0 Å². The minimum absolute atomic E-state index is 0.383. The van der Waals surface area contributed by atoms with Crippen molar-refractivity contribution in [3.05, 3.63) is 0 Å². The van der Waals surface area contributed by atoms with E-state index in [1.807, 2.05) is 0 Å². The molecule has 0 N–H and O–H groups in total. The SMILES string of the molecule is CCC(C)[N]=[Mo]=[N]C(C)CC. The number of hydrogen-bond donors (Lipinski definition) is 0. The summed E-state index contributed by atoms with van der Waals surface area (Å²) in [6.45, 7) is 8.67. The Bertz CT molecular complexity index is 136. The van der Waals surface area contributed by atoms with Gasteiger partial charge in [0.25, 0.3) is 0 Å². The molecule has 0 aromatic carbocycles. The second-order valence-electron chi connectivity index (χ2n) is 2.81. The Morgan fingerprint density at radius 2 is 1.36 bits per heavy atom. The summed E-state index contributed by atoms with van der Waals surface area (Å²) in [6.07, 6.45) is 2.31. The first-order valence-electron chi connectivity index (χ1n) is 4.27. The van der Waals surface area contributed by atoms with Gasteiger partial charge in [0.2, 0.25) is 0 Å². The van der Waals surface area contributed by atoms with Crippen molar-refractivity contribution >= 4 is 0 Å².